The molecule has 2 N–H and O–H groups in total. The molecular weight excluding hydrogens is 290 g/mol. The standard InChI is InChI=1S/C14H19N3O3S/c1-10-7-11(8-15)5-6-12(10)21(19,20)17-9-14(2,3)13(18)16-4/h5-7,17H,9H2,1-4H3,(H,16,18). The highest BCUT2D eigenvalue weighted by atomic mass is 32.2. The van der Waals surface area contributed by atoms with Gasteiger partial charge in [0.25, 0.3) is 0 Å². The van der Waals surface area contributed by atoms with Crippen LogP contribution in [0.3, 0.4) is 0 Å². The van der Waals surface area contributed by atoms with Crippen LogP contribution in [0.1, 0.15) is 25.0 Å². The minimum atomic E-state index is -3.73. The maximum atomic E-state index is 12.3. The Hall–Kier alpha value is -1.91. The van der Waals surface area contributed by atoms with Gasteiger partial charge in [-0.25, -0.2) is 13.1 Å². The van der Waals surface area contributed by atoms with Crippen molar-refractivity contribution >= 4 is 15.9 Å². The minimum absolute atomic E-state index is 0.0194. The Balaban J connectivity index is 2.98. The molecule has 114 valence electrons. The molecule has 0 saturated heterocycles. The van der Waals surface area contributed by atoms with Crippen molar-refractivity contribution < 1.29 is 13.2 Å². The average Bonchev–Trinajstić information content (AvgIpc) is 2.44. The Kier molecular flexibility index (Phi) is 5.10. The lowest BCUT2D eigenvalue weighted by Gasteiger charge is -2.23. The Morgan fingerprint density at radius 2 is 2.00 bits per heavy atom. The van der Waals surface area contributed by atoms with Crippen molar-refractivity contribution in [2.75, 3.05) is 13.6 Å². The number of hydrogen-bond donors (Lipinski definition) is 2. The average molecular weight is 309 g/mol. The molecule has 0 atom stereocenters. The van der Waals surface area contributed by atoms with E-state index in [1.807, 2.05) is 6.07 Å². The Bertz CT molecular complexity index is 688. The number of benzene rings is 1. The van der Waals surface area contributed by atoms with Crippen LogP contribution in [-0.4, -0.2) is 27.9 Å². The quantitative estimate of drug-likeness (QED) is 0.844. The minimum Gasteiger partial charge on any atom is -0.359 e. The Labute approximate surface area is 125 Å². The fourth-order valence-corrected chi connectivity index (χ4v) is 3.23. The van der Waals surface area contributed by atoms with Gasteiger partial charge in [0, 0.05) is 13.6 Å². The summed E-state index contributed by atoms with van der Waals surface area (Å²) < 4.78 is 27.0. The van der Waals surface area contributed by atoms with Gasteiger partial charge in [-0.2, -0.15) is 5.26 Å². The molecular formula is C14H19N3O3S. The molecule has 1 amide bonds. The summed E-state index contributed by atoms with van der Waals surface area (Å²) in [5, 5.41) is 11.3. The molecule has 6 nitrogen and oxygen atoms in total. The van der Waals surface area contributed by atoms with Gasteiger partial charge >= 0.3 is 0 Å². The molecule has 0 aliphatic carbocycles. The normalized spacial score (nSPS) is 11.8. The van der Waals surface area contributed by atoms with E-state index in [9.17, 15) is 13.2 Å². The largest absolute Gasteiger partial charge is 0.359 e. The number of nitriles is 1. The SMILES string of the molecule is CNC(=O)C(C)(C)CNS(=O)(=O)c1ccc(C#N)cc1C. The summed E-state index contributed by atoms with van der Waals surface area (Å²) >= 11 is 0. The van der Waals surface area contributed by atoms with Crippen molar-refractivity contribution in [3.8, 4) is 6.07 Å². The van der Waals surface area contributed by atoms with Gasteiger partial charge in [-0.05, 0) is 44.5 Å². The van der Waals surface area contributed by atoms with Gasteiger partial charge in [0.15, 0.2) is 0 Å². The first-order valence-corrected chi connectivity index (χ1v) is 7.85. The van der Waals surface area contributed by atoms with Crippen molar-refractivity contribution in [3.63, 3.8) is 0 Å². The van der Waals surface area contributed by atoms with E-state index in [0.29, 0.717) is 11.1 Å². The Morgan fingerprint density at radius 3 is 2.48 bits per heavy atom. The van der Waals surface area contributed by atoms with E-state index < -0.39 is 15.4 Å². The first-order valence-electron chi connectivity index (χ1n) is 6.36. The molecule has 0 aliphatic heterocycles. The highest BCUT2D eigenvalue weighted by Crippen LogP contribution is 2.19. The van der Waals surface area contributed by atoms with Crippen LogP contribution in [0, 0.1) is 23.7 Å². The summed E-state index contributed by atoms with van der Waals surface area (Å²) in [6.07, 6.45) is 0. The van der Waals surface area contributed by atoms with Gasteiger partial charge in [0.2, 0.25) is 15.9 Å². The summed E-state index contributed by atoms with van der Waals surface area (Å²) in [4.78, 5) is 11.8. The van der Waals surface area contributed by atoms with Gasteiger partial charge in [-0.3, -0.25) is 4.79 Å². The third kappa shape index (κ3) is 4.03. The first-order chi connectivity index (χ1) is 9.64. The van der Waals surface area contributed by atoms with Crippen LogP contribution in [0.25, 0.3) is 0 Å². The number of carbonyl (C=O) groups excluding carboxylic acids is 1. The zero-order chi connectivity index (χ0) is 16.3. The fraction of sp³-hybridized carbons (Fsp3) is 0.429. The second-order valence-corrected chi connectivity index (χ2v) is 7.12. The molecule has 1 aromatic carbocycles. The second-order valence-electron chi connectivity index (χ2n) is 5.38. The molecule has 0 radical (unpaired) electrons. The number of nitrogens with zero attached hydrogens (tertiary/aromatic N) is 1. The van der Waals surface area contributed by atoms with Crippen LogP contribution in [0.15, 0.2) is 23.1 Å². The lowest BCUT2D eigenvalue weighted by molar-refractivity contribution is -0.128. The van der Waals surface area contributed by atoms with Crippen molar-refractivity contribution in [1.29, 1.82) is 5.26 Å². The molecule has 0 aromatic heterocycles. The van der Waals surface area contributed by atoms with E-state index >= 15 is 0 Å². The van der Waals surface area contributed by atoms with E-state index in [1.165, 1.54) is 25.2 Å². The van der Waals surface area contributed by atoms with E-state index in [0.717, 1.165) is 0 Å². The zero-order valence-corrected chi connectivity index (χ0v) is 13.3. The second kappa shape index (κ2) is 6.24. The first kappa shape index (κ1) is 17.1. The number of sulfonamides is 1. The molecule has 0 fully saturated rings. The lowest BCUT2D eigenvalue weighted by atomic mass is 9.93. The summed E-state index contributed by atoms with van der Waals surface area (Å²) in [5.41, 5.74) is 0.0268. The Morgan fingerprint density at radius 1 is 1.38 bits per heavy atom. The van der Waals surface area contributed by atoms with E-state index in [1.54, 1.807) is 20.8 Å². The molecule has 0 unspecified atom stereocenters. The number of hydrogen-bond acceptors (Lipinski definition) is 4. The fourth-order valence-electron chi connectivity index (χ4n) is 1.79. The number of amides is 1. The zero-order valence-electron chi connectivity index (χ0n) is 12.5. The van der Waals surface area contributed by atoms with Crippen LogP contribution >= 0.6 is 0 Å². The summed E-state index contributed by atoms with van der Waals surface area (Å²) in [5.74, 6) is -0.248. The summed E-state index contributed by atoms with van der Waals surface area (Å²) in [6.45, 7) is 4.91. The molecule has 0 heterocycles. The van der Waals surface area contributed by atoms with Gasteiger partial charge in [0.05, 0.1) is 21.9 Å². The van der Waals surface area contributed by atoms with Crippen LogP contribution < -0.4 is 10.0 Å². The van der Waals surface area contributed by atoms with Gasteiger partial charge in [0.1, 0.15) is 0 Å². The molecule has 0 aliphatic rings. The van der Waals surface area contributed by atoms with Crippen molar-refractivity contribution in [1.82, 2.24) is 10.0 Å². The molecule has 1 rings (SSSR count). The van der Waals surface area contributed by atoms with Crippen LogP contribution in [0.2, 0.25) is 0 Å². The third-order valence-corrected chi connectivity index (χ3v) is 4.70. The maximum Gasteiger partial charge on any atom is 0.240 e. The number of rotatable bonds is 5. The molecule has 0 spiro atoms. The number of nitrogens with one attached hydrogen (secondary N) is 2. The smallest absolute Gasteiger partial charge is 0.240 e. The summed E-state index contributed by atoms with van der Waals surface area (Å²) in [7, 11) is -2.23. The van der Waals surface area contributed by atoms with Gasteiger partial charge in [-0.15, -0.1) is 0 Å². The van der Waals surface area contributed by atoms with Crippen molar-refractivity contribution in [2.24, 2.45) is 5.41 Å². The predicted octanol–water partition coefficient (Wildman–Crippen LogP) is 0.917. The van der Waals surface area contributed by atoms with Gasteiger partial charge < -0.3 is 5.32 Å². The molecule has 0 saturated carbocycles. The topological polar surface area (TPSA) is 99.1 Å². The van der Waals surface area contributed by atoms with Crippen molar-refractivity contribution in [3.05, 3.63) is 29.3 Å². The molecule has 7 heteroatoms. The van der Waals surface area contributed by atoms with Crippen LogP contribution in [0.4, 0.5) is 0 Å². The third-order valence-electron chi connectivity index (χ3n) is 3.14. The predicted molar refractivity (Wildman–Crippen MR) is 78.9 cm³/mol. The van der Waals surface area contributed by atoms with E-state index in [4.69, 9.17) is 5.26 Å². The summed E-state index contributed by atoms with van der Waals surface area (Å²) in [6, 6.07) is 6.31. The maximum absolute atomic E-state index is 12.3. The molecule has 0 bridgehead atoms. The van der Waals surface area contributed by atoms with Gasteiger partial charge in [-0.1, -0.05) is 0 Å². The van der Waals surface area contributed by atoms with E-state index in [2.05, 4.69) is 10.0 Å². The number of aryl methyl sites for hydroxylation is 1. The highest BCUT2D eigenvalue weighted by molar-refractivity contribution is 7.89. The molecule has 1 aromatic rings. The van der Waals surface area contributed by atoms with Crippen molar-refractivity contribution in [2.45, 2.75) is 25.7 Å². The molecule has 21 heavy (non-hydrogen) atoms. The highest BCUT2D eigenvalue weighted by Gasteiger charge is 2.29. The van der Waals surface area contributed by atoms with E-state index in [-0.39, 0.29) is 17.3 Å². The number of carbonyl (C=O) groups is 1. The lowest BCUT2D eigenvalue weighted by Crippen LogP contribution is -2.43. The van der Waals surface area contributed by atoms with Crippen LogP contribution in [0.5, 0.6) is 0 Å². The van der Waals surface area contributed by atoms with Crippen LogP contribution in [-0.2, 0) is 14.8 Å². The monoisotopic (exact) mass is 309 g/mol.